The van der Waals surface area contributed by atoms with Gasteiger partial charge in [-0.15, -0.1) is 0 Å². The van der Waals surface area contributed by atoms with Crippen molar-refractivity contribution in [1.82, 2.24) is 0 Å². The minimum atomic E-state index is 0.154. The van der Waals surface area contributed by atoms with Gasteiger partial charge in [-0.1, -0.05) is 30.4 Å². The van der Waals surface area contributed by atoms with Gasteiger partial charge < -0.3 is 0 Å². The quantitative estimate of drug-likeness (QED) is 0.686. The first kappa shape index (κ1) is 11.0. The maximum atomic E-state index is 11.9. The number of hydrogen-bond acceptors (Lipinski definition) is 1. The van der Waals surface area contributed by atoms with Crippen LogP contribution in [0.1, 0.15) is 35.1 Å². The van der Waals surface area contributed by atoms with Crippen molar-refractivity contribution in [3.05, 3.63) is 64.3 Å². The lowest BCUT2D eigenvalue weighted by atomic mass is 9.77. The summed E-state index contributed by atoms with van der Waals surface area (Å²) < 4.78 is 0. The molecular formula is C18H16O. The molecule has 0 amide bonds. The van der Waals surface area contributed by atoms with E-state index in [0.29, 0.717) is 0 Å². The van der Waals surface area contributed by atoms with Gasteiger partial charge in [-0.3, -0.25) is 4.79 Å². The minimum absolute atomic E-state index is 0.154. The molecule has 1 aromatic carbocycles. The van der Waals surface area contributed by atoms with E-state index in [0.717, 1.165) is 17.6 Å². The van der Waals surface area contributed by atoms with Crippen LogP contribution in [0.2, 0.25) is 0 Å². The van der Waals surface area contributed by atoms with Gasteiger partial charge in [0.2, 0.25) is 0 Å². The third-order valence-electron chi connectivity index (χ3n) is 4.52. The monoisotopic (exact) mass is 248 g/mol. The Hall–Kier alpha value is -1.89. The standard InChI is InChI=1S/C18H16O/c19-18-7-3-6-14-16-9-8-12-4-1-2-5-13(12)15(16)10-11-17(14)18/h3,6-9,11H,1-2,4-5,10H2. The fraction of sp³-hybridized carbons (Fsp3) is 0.278. The van der Waals surface area contributed by atoms with Crippen molar-refractivity contribution >= 4 is 11.4 Å². The van der Waals surface area contributed by atoms with Crippen molar-refractivity contribution in [2.45, 2.75) is 32.1 Å². The average Bonchev–Trinajstić information content (AvgIpc) is 2.47. The summed E-state index contributed by atoms with van der Waals surface area (Å²) in [7, 11) is 0. The van der Waals surface area contributed by atoms with Gasteiger partial charge in [0.15, 0.2) is 5.78 Å². The van der Waals surface area contributed by atoms with E-state index in [9.17, 15) is 4.79 Å². The van der Waals surface area contributed by atoms with E-state index >= 15 is 0 Å². The van der Waals surface area contributed by atoms with Crippen LogP contribution >= 0.6 is 0 Å². The normalized spacial score (nSPS) is 20.1. The Morgan fingerprint density at radius 3 is 2.79 bits per heavy atom. The zero-order valence-corrected chi connectivity index (χ0v) is 10.9. The molecule has 0 fully saturated rings. The van der Waals surface area contributed by atoms with E-state index < -0.39 is 0 Å². The van der Waals surface area contributed by atoms with Crippen LogP contribution in [0, 0.1) is 0 Å². The number of rotatable bonds is 0. The number of hydrogen-bond donors (Lipinski definition) is 0. The first-order chi connectivity index (χ1) is 9.34. The molecule has 94 valence electrons. The van der Waals surface area contributed by atoms with E-state index in [1.807, 2.05) is 6.08 Å². The largest absolute Gasteiger partial charge is 0.289 e. The topological polar surface area (TPSA) is 17.1 Å². The number of ketones is 1. The summed E-state index contributed by atoms with van der Waals surface area (Å²) in [6, 6.07) is 4.50. The van der Waals surface area contributed by atoms with Gasteiger partial charge >= 0.3 is 0 Å². The second-order valence-electron chi connectivity index (χ2n) is 5.56. The SMILES string of the molecule is O=C1C=CC=C2C1=CCc1c2ccc2c1CCCC2. The summed E-state index contributed by atoms with van der Waals surface area (Å²) in [6.07, 6.45) is 13.7. The molecule has 0 heterocycles. The van der Waals surface area contributed by atoms with Crippen LogP contribution in [-0.2, 0) is 24.1 Å². The molecule has 0 atom stereocenters. The van der Waals surface area contributed by atoms with Crippen LogP contribution in [-0.4, -0.2) is 5.78 Å². The van der Waals surface area contributed by atoms with Crippen LogP contribution < -0.4 is 0 Å². The number of fused-ring (bicyclic) bond motifs is 5. The van der Waals surface area contributed by atoms with E-state index in [1.54, 1.807) is 11.6 Å². The maximum Gasteiger partial charge on any atom is 0.186 e. The maximum absolute atomic E-state index is 11.9. The van der Waals surface area contributed by atoms with Gasteiger partial charge in [-0.25, -0.2) is 0 Å². The smallest absolute Gasteiger partial charge is 0.186 e. The number of carbonyl (C=O) groups is 1. The molecule has 4 rings (SSSR count). The Balaban J connectivity index is 1.92. The van der Waals surface area contributed by atoms with Gasteiger partial charge in [0, 0.05) is 5.57 Å². The average molecular weight is 248 g/mol. The molecule has 0 aliphatic heterocycles. The Bertz CT molecular complexity index is 671. The van der Waals surface area contributed by atoms with Crippen LogP contribution in [0.15, 0.2) is 42.0 Å². The van der Waals surface area contributed by atoms with Crippen molar-refractivity contribution in [2.24, 2.45) is 0 Å². The lowest BCUT2D eigenvalue weighted by Gasteiger charge is -2.27. The van der Waals surface area contributed by atoms with E-state index in [1.165, 1.54) is 42.4 Å². The van der Waals surface area contributed by atoms with E-state index in [-0.39, 0.29) is 5.78 Å². The summed E-state index contributed by atoms with van der Waals surface area (Å²) in [6.45, 7) is 0. The molecule has 0 saturated carbocycles. The molecule has 0 unspecified atom stereocenters. The summed E-state index contributed by atoms with van der Waals surface area (Å²) in [4.78, 5) is 11.9. The van der Waals surface area contributed by atoms with Crippen molar-refractivity contribution < 1.29 is 4.79 Å². The first-order valence-electron chi connectivity index (χ1n) is 7.12. The predicted molar refractivity (Wildman–Crippen MR) is 77.0 cm³/mol. The van der Waals surface area contributed by atoms with Crippen LogP contribution in [0.3, 0.4) is 0 Å². The molecule has 19 heavy (non-hydrogen) atoms. The van der Waals surface area contributed by atoms with Crippen molar-refractivity contribution in [1.29, 1.82) is 0 Å². The minimum Gasteiger partial charge on any atom is -0.289 e. The third-order valence-corrected chi connectivity index (χ3v) is 4.52. The third kappa shape index (κ3) is 1.58. The molecule has 0 N–H and O–H groups in total. The molecule has 0 saturated heterocycles. The number of aryl methyl sites for hydroxylation is 1. The highest BCUT2D eigenvalue weighted by atomic mass is 16.1. The van der Waals surface area contributed by atoms with Crippen LogP contribution in [0.5, 0.6) is 0 Å². The molecule has 1 heteroatoms. The molecule has 3 aliphatic carbocycles. The highest BCUT2D eigenvalue weighted by Crippen LogP contribution is 2.38. The zero-order valence-electron chi connectivity index (χ0n) is 10.9. The highest BCUT2D eigenvalue weighted by Gasteiger charge is 2.25. The second kappa shape index (κ2) is 4.06. The lowest BCUT2D eigenvalue weighted by Crippen LogP contribution is -2.15. The van der Waals surface area contributed by atoms with Crippen LogP contribution in [0.25, 0.3) is 5.57 Å². The molecule has 0 aromatic heterocycles. The molecule has 3 aliphatic rings. The number of carbonyl (C=O) groups excluding carboxylic acids is 1. The summed E-state index contributed by atoms with van der Waals surface area (Å²) in [5, 5.41) is 0. The van der Waals surface area contributed by atoms with Crippen molar-refractivity contribution in [3.63, 3.8) is 0 Å². The zero-order chi connectivity index (χ0) is 12.8. The van der Waals surface area contributed by atoms with Crippen molar-refractivity contribution in [3.8, 4) is 0 Å². The Kier molecular flexibility index (Phi) is 2.34. The summed E-state index contributed by atoms with van der Waals surface area (Å²) in [5.41, 5.74) is 7.86. The van der Waals surface area contributed by atoms with E-state index in [4.69, 9.17) is 0 Å². The molecule has 0 spiro atoms. The first-order valence-corrected chi connectivity index (χ1v) is 7.12. The Labute approximate surface area is 113 Å². The molecule has 1 nitrogen and oxygen atoms in total. The highest BCUT2D eigenvalue weighted by molar-refractivity contribution is 6.18. The molecule has 1 aromatic rings. The van der Waals surface area contributed by atoms with Gasteiger partial charge in [0.1, 0.15) is 0 Å². The fourth-order valence-electron chi connectivity index (χ4n) is 3.58. The summed E-state index contributed by atoms with van der Waals surface area (Å²) >= 11 is 0. The lowest BCUT2D eigenvalue weighted by molar-refractivity contribution is -0.111. The molecule has 0 radical (unpaired) electrons. The molecular weight excluding hydrogens is 232 g/mol. The number of allylic oxidation sites excluding steroid dienone is 6. The van der Waals surface area contributed by atoms with Gasteiger partial charge in [-0.05, 0) is 66.0 Å². The Morgan fingerprint density at radius 2 is 1.84 bits per heavy atom. The molecule has 0 bridgehead atoms. The van der Waals surface area contributed by atoms with Crippen LogP contribution in [0.4, 0.5) is 0 Å². The summed E-state index contributed by atoms with van der Waals surface area (Å²) in [5.74, 6) is 0.154. The van der Waals surface area contributed by atoms with Gasteiger partial charge in [0.25, 0.3) is 0 Å². The van der Waals surface area contributed by atoms with E-state index in [2.05, 4.69) is 24.3 Å². The van der Waals surface area contributed by atoms with Gasteiger partial charge in [-0.2, -0.15) is 0 Å². The Morgan fingerprint density at radius 1 is 0.947 bits per heavy atom. The fourth-order valence-corrected chi connectivity index (χ4v) is 3.58. The predicted octanol–water partition coefficient (Wildman–Crippen LogP) is 3.57. The van der Waals surface area contributed by atoms with Crippen molar-refractivity contribution in [2.75, 3.05) is 0 Å². The van der Waals surface area contributed by atoms with Gasteiger partial charge in [0.05, 0.1) is 0 Å². The second-order valence-corrected chi connectivity index (χ2v) is 5.56. The number of benzene rings is 1.